The second kappa shape index (κ2) is 10.8. The van der Waals surface area contributed by atoms with Crippen LogP contribution in [-0.2, 0) is 15.1 Å². The number of alkyl halides is 1. The molecule has 3 heterocycles. The van der Waals surface area contributed by atoms with Crippen molar-refractivity contribution in [3.05, 3.63) is 113 Å². The fraction of sp³-hybridized carbons (Fsp3) is 0.233. The average molecular weight is 560 g/mol. The van der Waals surface area contributed by atoms with Crippen LogP contribution in [0.4, 0.5) is 10.2 Å². The molecule has 0 spiro atoms. The zero-order chi connectivity index (χ0) is 27.7. The maximum absolute atomic E-state index is 15.5. The Balaban J connectivity index is 1.35. The molecule has 2 aromatic heterocycles. The van der Waals surface area contributed by atoms with E-state index in [2.05, 4.69) is 15.0 Å². The number of fused-ring (bicyclic) bond motifs is 1. The second-order valence-corrected chi connectivity index (χ2v) is 9.89. The van der Waals surface area contributed by atoms with Crippen LogP contribution in [0.1, 0.15) is 29.3 Å². The zero-order valence-corrected chi connectivity index (χ0v) is 22.4. The maximum atomic E-state index is 15.5. The van der Waals surface area contributed by atoms with Gasteiger partial charge in [-0.3, -0.25) is 4.57 Å². The van der Waals surface area contributed by atoms with Crippen molar-refractivity contribution in [1.82, 2.24) is 19.5 Å². The summed E-state index contributed by atoms with van der Waals surface area (Å²) >= 11 is 6.01. The molecule has 3 aromatic carbocycles. The summed E-state index contributed by atoms with van der Waals surface area (Å²) < 4.78 is 35.4. The second-order valence-electron chi connectivity index (χ2n) is 9.56. The van der Waals surface area contributed by atoms with E-state index in [0.717, 1.165) is 22.4 Å². The van der Waals surface area contributed by atoms with E-state index in [1.54, 1.807) is 7.11 Å². The Morgan fingerprint density at radius 3 is 2.23 bits per heavy atom. The Bertz CT molecular complexity index is 1560. The number of benzene rings is 3. The molecular formula is C30H27ClFN5O3. The third kappa shape index (κ3) is 4.66. The highest BCUT2D eigenvalue weighted by atomic mass is 35.5. The van der Waals surface area contributed by atoms with Crippen LogP contribution in [0, 0.1) is 0 Å². The molecule has 204 valence electrons. The first-order valence-electron chi connectivity index (χ1n) is 12.8. The summed E-state index contributed by atoms with van der Waals surface area (Å²) in [5.74, 6) is 0.857. The predicted octanol–water partition coefficient (Wildman–Crippen LogP) is 5.70. The van der Waals surface area contributed by atoms with Crippen molar-refractivity contribution < 1.29 is 18.6 Å². The van der Waals surface area contributed by atoms with Crippen molar-refractivity contribution in [2.75, 3.05) is 19.5 Å². The van der Waals surface area contributed by atoms with Gasteiger partial charge in [-0.05, 0) is 40.4 Å². The minimum atomic E-state index is -1.33. The van der Waals surface area contributed by atoms with Crippen molar-refractivity contribution >= 4 is 28.6 Å². The molecule has 0 unspecified atom stereocenters. The molecule has 1 fully saturated rings. The number of imidazole rings is 1. The molecule has 0 aliphatic carbocycles. The highest BCUT2D eigenvalue weighted by Gasteiger charge is 2.42. The summed E-state index contributed by atoms with van der Waals surface area (Å²) in [5, 5.41) is -0.0463. The molecule has 40 heavy (non-hydrogen) atoms. The largest absolute Gasteiger partial charge is 0.497 e. The molecule has 3 atom stereocenters. The lowest BCUT2D eigenvalue weighted by molar-refractivity contribution is -0.0804. The quantitative estimate of drug-likeness (QED) is 0.192. The van der Waals surface area contributed by atoms with Gasteiger partial charge in [-0.25, -0.2) is 9.37 Å². The number of hydrogen-bond donors (Lipinski definition) is 1. The van der Waals surface area contributed by atoms with Crippen LogP contribution in [0.15, 0.2) is 91.3 Å². The Morgan fingerprint density at radius 2 is 1.60 bits per heavy atom. The molecule has 5 aromatic rings. The molecule has 0 saturated carbocycles. The lowest BCUT2D eigenvalue weighted by Gasteiger charge is -2.36. The van der Waals surface area contributed by atoms with E-state index in [0.29, 0.717) is 11.2 Å². The minimum absolute atomic E-state index is 0.0463. The van der Waals surface area contributed by atoms with Crippen LogP contribution >= 0.6 is 11.6 Å². The van der Waals surface area contributed by atoms with Gasteiger partial charge in [-0.15, -0.1) is 0 Å². The van der Waals surface area contributed by atoms with Crippen LogP contribution < -0.4 is 10.5 Å². The number of nitrogens with zero attached hydrogens (tertiary/aromatic N) is 4. The first kappa shape index (κ1) is 26.2. The molecule has 10 heteroatoms. The summed E-state index contributed by atoms with van der Waals surface area (Å²) in [7, 11) is 1.63. The van der Waals surface area contributed by atoms with Gasteiger partial charge >= 0.3 is 0 Å². The van der Waals surface area contributed by atoms with Crippen LogP contribution in [0.3, 0.4) is 0 Å². The van der Waals surface area contributed by atoms with Crippen molar-refractivity contribution in [1.29, 1.82) is 0 Å². The third-order valence-corrected chi connectivity index (χ3v) is 7.34. The Morgan fingerprint density at radius 1 is 0.975 bits per heavy atom. The molecule has 0 radical (unpaired) electrons. The summed E-state index contributed by atoms with van der Waals surface area (Å²) in [5.41, 5.74) is 8.37. The van der Waals surface area contributed by atoms with Gasteiger partial charge in [0.15, 0.2) is 17.7 Å². The van der Waals surface area contributed by atoms with E-state index in [4.69, 9.17) is 31.5 Å². The van der Waals surface area contributed by atoms with E-state index in [1.165, 1.54) is 10.9 Å². The smallest absolute Gasteiger partial charge is 0.226 e. The summed E-state index contributed by atoms with van der Waals surface area (Å²) in [6.45, 7) is 0.122. The highest BCUT2D eigenvalue weighted by molar-refractivity contribution is 6.28. The summed E-state index contributed by atoms with van der Waals surface area (Å²) in [6, 6.07) is 27.7. The fourth-order valence-electron chi connectivity index (χ4n) is 5.29. The number of methoxy groups -OCH3 is 1. The van der Waals surface area contributed by atoms with Gasteiger partial charge in [-0.1, -0.05) is 72.8 Å². The molecule has 2 N–H and O–H groups in total. The van der Waals surface area contributed by atoms with Crippen molar-refractivity contribution in [3.8, 4) is 5.75 Å². The zero-order valence-electron chi connectivity index (χ0n) is 21.7. The number of halogens is 2. The molecular weight excluding hydrogens is 533 g/mol. The summed E-state index contributed by atoms with van der Waals surface area (Å²) in [6.07, 6.45) is -1.27. The Hall–Kier alpha value is -4.05. The lowest BCUT2D eigenvalue weighted by atomic mass is 9.80. The van der Waals surface area contributed by atoms with E-state index in [1.807, 2.05) is 84.9 Å². The van der Waals surface area contributed by atoms with E-state index in [-0.39, 0.29) is 24.1 Å². The van der Waals surface area contributed by atoms with Crippen LogP contribution in [0.5, 0.6) is 5.75 Å². The normalized spacial score (nSPS) is 19.2. The molecule has 0 bridgehead atoms. The topological polar surface area (TPSA) is 97.3 Å². The van der Waals surface area contributed by atoms with Crippen molar-refractivity contribution in [2.24, 2.45) is 0 Å². The van der Waals surface area contributed by atoms with E-state index >= 15 is 4.39 Å². The van der Waals surface area contributed by atoms with E-state index < -0.39 is 24.1 Å². The van der Waals surface area contributed by atoms with Gasteiger partial charge in [0.25, 0.3) is 0 Å². The number of anilines is 1. The molecule has 1 aliphatic rings. The Labute approximate surface area is 235 Å². The molecule has 6 rings (SSSR count). The van der Waals surface area contributed by atoms with Crippen LogP contribution in [0.25, 0.3) is 11.2 Å². The number of ether oxygens (including phenoxy) is 3. The lowest BCUT2D eigenvalue weighted by Crippen LogP contribution is -2.35. The van der Waals surface area contributed by atoms with Gasteiger partial charge in [0, 0.05) is 6.42 Å². The summed E-state index contributed by atoms with van der Waals surface area (Å²) in [4.78, 5) is 12.4. The first-order valence-corrected chi connectivity index (χ1v) is 13.2. The molecule has 0 amide bonds. The molecule has 8 nitrogen and oxygen atoms in total. The average Bonchev–Trinajstić information content (AvgIpc) is 3.57. The van der Waals surface area contributed by atoms with Crippen LogP contribution in [0.2, 0.25) is 5.28 Å². The number of rotatable bonds is 8. The van der Waals surface area contributed by atoms with Crippen molar-refractivity contribution in [3.63, 3.8) is 0 Å². The fourth-order valence-corrected chi connectivity index (χ4v) is 5.46. The van der Waals surface area contributed by atoms with Gasteiger partial charge < -0.3 is 19.9 Å². The third-order valence-electron chi connectivity index (χ3n) is 7.17. The monoisotopic (exact) mass is 559 g/mol. The number of nitrogen functional groups attached to an aromatic ring is 1. The molecule has 1 aliphatic heterocycles. The maximum Gasteiger partial charge on any atom is 0.226 e. The van der Waals surface area contributed by atoms with Crippen molar-refractivity contribution in [2.45, 2.75) is 30.5 Å². The van der Waals surface area contributed by atoms with Gasteiger partial charge in [-0.2, -0.15) is 9.97 Å². The standard InChI is InChI=1S/C30H27ClFN5O3/c1-38-22-14-12-21(13-15-22)30(19-8-4-2-5-9-19,20-10-6-3-7-11-20)39-17-23-16-24(32)28(40-23)37-18-34-25-26(33)35-29(31)36-27(25)37/h2-15,18,23-24,28H,16-17H2,1H3,(H2,33,35,36)/t23-,24+,28-/m1/s1. The van der Waals surface area contributed by atoms with Crippen LogP contribution in [-0.4, -0.2) is 45.5 Å². The van der Waals surface area contributed by atoms with Gasteiger partial charge in [0.05, 0.1) is 26.1 Å². The number of aromatic nitrogens is 4. The predicted molar refractivity (Wildman–Crippen MR) is 150 cm³/mol. The van der Waals surface area contributed by atoms with Gasteiger partial charge in [0.1, 0.15) is 23.0 Å². The number of nitrogens with two attached hydrogens (primary N) is 1. The molecule has 1 saturated heterocycles. The van der Waals surface area contributed by atoms with E-state index in [9.17, 15) is 0 Å². The number of hydrogen-bond acceptors (Lipinski definition) is 7. The first-order chi connectivity index (χ1) is 19.5. The van der Waals surface area contributed by atoms with Gasteiger partial charge in [0.2, 0.25) is 5.28 Å². The minimum Gasteiger partial charge on any atom is -0.497 e. The Kier molecular flexibility index (Phi) is 7.10. The highest BCUT2D eigenvalue weighted by Crippen LogP contribution is 2.42. The SMILES string of the molecule is COc1ccc(C(OC[C@H]2C[C@H](F)[C@H](n3cnc4c(N)nc(Cl)nc43)O2)(c2ccccc2)c2ccccc2)cc1.